The molecular weight excluding hydrogens is 266 g/mol. The van der Waals surface area contributed by atoms with Gasteiger partial charge in [-0.25, -0.2) is 0 Å². The summed E-state index contributed by atoms with van der Waals surface area (Å²) in [7, 11) is 3.38. The first-order valence-electron chi connectivity index (χ1n) is 3.97. The first-order valence-corrected chi connectivity index (χ1v) is 5.90. The molecule has 0 N–H and O–H groups in total. The van der Waals surface area contributed by atoms with Crippen LogP contribution in [0.15, 0.2) is 12.1 Å². The number of alkyl halides is 1. The SMILES string of the molecule is CN(C)C(=O)c1ccc(C(=O)CBr)s1. The summed E-state index contributed by atoms with van der Waals surface area (Å²) in [5.41, 5.74) is 0. The number of amides is 1. The number of carbonyl (C=O) groups excluding carboxylic acids is 2. The smallest absolute Gasteiger partial charge is 0.263 e. The molecule has 0 aliphatic heterocycles. The zero-order valence-electron chi connectivity index (χ0n) is 7.91. The highest BCUT2D eigenvalue weighted by molar-refractivity contribution is 9.09. The Morgan fingerprint density at radius 2 is 1.93 bits per heavy atom. The Morgan fingerprint density at radius 1 is 1.36 bits per heavy atom. The maximum atomic E-state index is 11.5. The quantitative estimate of drug-likeness (QED) is 0.625. The highest BCUT2D eigenvalue weighted by Gasteiger charge is 2.13. The van der Waals surface area contributed by atoms with Crippen LogP contribution >= 0.6 is 27.3 Å². The van der Waals surface area contributed by atoms with E-state index in [1.807, 2.05) is 0 Å². The lowest BCUT2D eigenvalue weighted by Gasteiger charge is -2.06. The van der Waals surface area contributed by atoms with Gasteiger partial charge in [0.15, 0.2) is 5.78 Å². The van der Waals surface area contributed by atoms with Crippen LogP contribution in [-0.4, -0.2) is 36.0 Å². The van der Waals surface area contributed by atoms with E-state index < -0.39 is 0 Å². The molecular formula is C9H10BrNO2S. The lowest BCUT2D eigenvalue weighted by atomic mass is 10.3. The number of hydrogen-bond acceptors (Lipinski definition) is 3. The molecule has 0 unspecified atom stereocenters. The van der Waals surface area contributed by atoms with Crippen molar-refractivity contribution in [3.63, 3.8) is 0 Å². The van der Waals surface area contributed by atoms with Gasteiger partial charge >= 0.3 is 0 Å². The Labute approximate surface area is 94.8 Å². The van der Waals surface area contributed by atoms with Crippen LogP contribution in [0.2, 0.25) is 0 Å². The molecule has 0 saturated heterocycles. The van der Waals surface area contributed by atoms with Crippen LogP contribution in [0.3, 0.4) is 0 Å². The zero-order chi connectivity index (χ0) is 10.7. The fourth-order valence-electron chi connectivity index (χ4n) is 0.889. The first-order chi connectivity index (χ1) is 6.56. The summed E-state index contributed by atoms with van der Waals surface area (Å²) in [6.45, 7) is 0. The van der Waals surface area contributed by atoms with Crippen molar-refractivity contribution in [2.24, 2.45) is 0 Å². The summed E-state index contributed by atoms with van der Waals surface area (Å²) in [6.07, 6.45) is 0. The van der Waals surface area contributed by atoms with Gasteiger partial charge in [0.05, 0.1) is 15.1 Å². The van der Waals surface area contributed by atoms with E-state index in [1.165, 1.54) is 16.2 Å². The van der Waals surface area contributed by atoms with Gasteiger partial charge in [-0.3, -0.25) is 9.59 Å². The molecule has 5 heteroatoms. The summed E-state index contributed by atoms with van der Waals surface area (Å²) >= 11 is 4.32. The molecule has 0 atom stereocenters. The molecule has 0 saturated carbocycles. The molecule has 0 spiro atoms. The van der Waals surface area contributed by atoms with Crippen LogP contribution in [0.4, 0.5) is 0 Å². The maximum Gasteiger partial charge on any atom is 0.263 e. The predicted molar refractivity (Wildman–Crippen MR) is 60.5 cm³/mol. The van der Waals surface area contributed by atoms with Crippen molar-refractivity contribution in [3.8, 4) is 0 Å². The Kier molecular flexibility index (Phi) is 3.83. The first kappa shape index (κ1) is 11.4. The third-order valence-electron chi connectivity index (χ3n) is 1.62. The Balaban J connectivity index is 2.88. The van der Waals surface area contributed by atoms with E-state index in [2.05, 4.69) is 15.9 Å². The van der Waals surface area contributed by atoms with Crippen molar-refractivity contribution in [2.75, 3.05) is 19.4 Å². The van der Waals surface area contributed by atoms with Crippen molar-refractivity contribution in [1.29, 1.82) is 0 Å². The van der Waals surface area contributed by atoms with Gasteiger partial charge in [-0.05, 0) is 12.1 Å². The highest BCUT2D eigenvalue weighted by Crippen LogP contribution is 2.18. The molecule has 0 aromatic carbocycles. The summed E-state index contributed by atoms with van der Waals surface area (Å²) in [5, 5.41) is 0.295. The molecule has 1 heterocycles. The maximum absolute atomic E-state index is 11.5. The van der Waals surface area contributed by atoms with Gasteiger partial charge in [0.25, 0.3) is 5.91 Å². The van der Waals surface area contributed by atoms with E-state index >= 15 is 0 Å². The van der Waals surface area contributed by atoms with Crippen molar-refractivity contribution in [3.05, 3.63) is 21.9 Å². The number of hydrogen-bond donors (Lipinski definition) is 0. The van der Waals surface area contributed by atoms with E-state index in [4.69, 9.17) is 0 Å². The molecule has 0 aliphatic carbocycles. The average Bonchev–Trinajstić information content (AvgIpc) is 2.64. The van der Waals surface area contributed by atoms with Gasteiger partial charge in [0, 0.05) is 14.1 Å². The molecule has 0 radical (unpaired) electrons. The van der Waals surface area contributed by atoms with Gasteiger partial charge in [-0.1, -0.05) is 15.9 Å². The minimum atomic E-state index is -0.0661. The molecule has 1 aromatic heterocycles. The standard InChI is InChI=1S/C9H10BrNO2S/c1-11(2)9(13)8-4-3-7(14-8)6(12)5-10/h3-4H,5H2,1-2H3. The lowest BCUT2D eigenvalue weighted by Crippen LogP contribution is -2.20. The Bertz CT molecular complexity index is 359. The minimum Gasteiger partial charge on any atom is -0.344 e. The Morgan fingerprint density at radius 3 is 2.43 bits per heavy atom. The van der Waals surface area contributed by atoms with Crippen LogP contribution in [-0.2, 0) is 0 Å². The topological polar surface area (TPSA) is 37.4 Å². The fourth-order valence-corrected chi connectivity index (χ4v) is 2.34. The van der Waals surface area contributed by atoms with Crippen LogP contribution < -0.4 is 0 Å². The van der Waals surface area contributed by atoms with Crippen molar-refractivity contribution in [2.45, 2.75) is 0 Å². The molecule has 0 fully saturated rings. The molecule has 0 bridgehead atoms. The third kappa shape index (κ3) is 2.42. The summed E-state index contributed by atoms with van der Waals surface area (Å²) in [5.74, 6) is -0.0589. The lowest BCUT2D eigenvalue weighted by molar-refractivity contribution is 0.0832. The van der Waals surface area contributed by atoms with Crippen molar-refractivity contribution < 1.29 is 9.59 Å². The van der Waals surface area contributed by atoms with E-state index in [0.717, 1.165) is 0 Å². The average molecular weight is 276 g/mol. The minimum absolute atomic E-state index is 0.00723. The molecule has 0 aliphatic rings. The largest absolute Gasteiger partial charge is 0.344 e. The van der Waals surface area contributed by atoms with Crippen LogP contribution in [0.25, 0.3) is 0 Å². The van der Waals surface area contributed by atoms with Crippen LogP contribution in [0, 0.1) is 0 Å². The number of ketones is 1. The number of halogens is 1. The monoisotopic (exact) mass is 275 g/mol. The number of thiophene rings is 1. The van der Waals surface area contributed by atoms with Crippen LogP contribution in [0.5, 0.6) is 0 Å². The van der Waals surface area contributed by atoms with E-state index in [-0.39, 0.29) is 11.7 Å². The van der Waals surface area contributed by atoms with Gasteiger partial charge in [-0.2, -0.15) is 0 Å². The second-order valence-electron chi connectivity index (χ2n) is 2.92. The summed E-state index contributed by atoms with van der Waals surface area (Å²) in [6, 6.07) is 3.37. The van der Waals surface area contributed by atoms with Gasteiger partial charge in [0.2, 0.25) is 0 Å². The van der Waals surface area contributed by atoms with Gasteiger partial charge < -0.3 is 4.90 Å². The van der Waals surface area contributed by atoms with Gasteiger partial charge in [-0.15, -0.1) is 11.3 Å². The molecule has 1 rings (SSSR count). The predicted octanol–water partition coefficient (Wildman–Crippen LogP) is 2.03. The molecule has 76 valence electrons. The van der Waals surface area contributed by atoms with E-state index in [1.54, 1.807) is 26.2 Å². The number of Topliss-reactive ketones (excluding diaryl/α,β-unsaturated/α-hetero) is 1. The number of nitrogens with zero attached hydrogens (tertiary/aromatic N) is 1. The van der Waals surface area contributed by atoms with Crippen LogP contribution in [0.1, 0.15) is 19.3 Å². The highest BCUT2D eigenvalue weighted by atomic mass is 79.9. The third-order valence-corrected chi connectivity index (χ3v) is 3.24. The molecule has 1 amide bonds. The second kappa shape index (κ2) is 4.70. The summed E-state index contributed by atoms with van der Waals surface area (Å²) in [4.78, 5) is 25.4. The van der Waals surface area contributed by atoms with E-state index in [0.29, 0.717) is 15.1 Å². The van der Waals surface area contributed by atoms with E-state index in [9.17, 15) is 9.59 Å². The number of carbonyl (C=O) groups is 2. The number of rotatable bonds is 3. The van der Waals surface area contributed by atoms with Gasteiger partial charge in [0.1, 0.15) is 0 Å². The summed E-state index contributed by atoms with van der Waals surface area (Å²) < 4.78 is 0. The Hall–Kier alpha value is -0.680. The molecule has 1 aromatic rings. The van der Waals surface area contributed by atoms with Crippen molar-refractivity contribution >= 4 is 39.0 Å². The molecule has 3 nitrogen and oxygen atoms in total. The zero-order valence-corrected chi connectivity index (χ0v) is 10.3. The second-order valence-corrected chi connectivity index (χ2v) is 4.56. The normalized spacial score (nSPS) is 9.93. The van der Waals surface area contributed by atoms with Crippen molar-refractivity contribution in [1.82, 2.24) is 4.90 Å². The fraction of sp³-hybridized carbons (Fsp3) is 0.333. The molecule has 14 heavy (non-hydrogen) atoms.